The number of ether oxygens (including phenoxy) is 1. The number of hydrogen-bond acceptors (Lipinski definition) is 3. The van der Waals surface area contributed by atoms with Gasteiger partial charge in [0.2, 0.25) is 0 Å². The summed E-state index contributed by atoms with van der Waals surface area (Å²) in [6, 6.07) is 0. The lowest BCUT2D eigenvalue weighted by molar-refractivity contribution is -0.286. The van der Waals surface area contributed by atoms with E-state index in [0.717, 1.165) is 57.1 Å². The Morgan fingerprint density at radius 2 is 1.86 bits per heavy atom. The molecule has 3 aliphatic rings. The molecule has 1 aliphatic heterocycles. The summed E-state index contributed by atoms with van der Waals surface area (Å²) in [6.45, 7) is 10.8. The van der Waals surface area contributed by atoms with Crippen molar-refractivity contribution in [1.29, 1.82) is 0 Å². The highest BCUT2D eigenvalue weighted by molar-refractivity contribution is 5.47. The van der Waals surface area contributed by atoms with Crippen LogP contribution in [0, 0.1) is 11.8 Å². The molecular weight excluding hydrogens is 348 g/mol. The summed E-state index contributed by atoms with van der Waals surface area (Å²) in [7, 11) is 0. The Balaban J connectivity index is 1.97. The molecule has 4 unspecified atom stereocenters. The summed E-state index contributed by atoms with van der Waals surface area (Å²) in [5.41, 5.74) is 5.08. The molecule has 0 saturated carbocycles. The number of hydrogen-bond donors (Lipinski definition) is 1. The van der Waals surface area contributed by atoms with Gasteiger partial charge in [0.15, 0.2) is 0 Å². The second kappa shape index (κ2) is 9.76. The van der Waals surface area contributed by atoms with Gasteiger partial charge in [-0.05, 0) is 68.1 Å². The summed E-state index contributed by atoms with van der Waals surface area (Å²) in [5, 5.41) is 10.00. The van der Waals surface area contributed by atoms with E-state index in [0.29, 0.717) is 5.92 Å². The largest absolute Gasteiger partial charge is 0.486 e. The van der Waals surface area contributed by atoms with Crippen molar-refractivity contribution in [3.8, 4) is 0 Å². The molecule has 0 spiro atoms. The number of rotatable bonds is 9. The standard InChI is InChI=1S/C25H36O3/c1-5-11-21(24-23-16-10-9-15-20(23)18(4)27-24)22(12-6-2)25(28-26)19-14-8-7-13-17(19)3/h7,9,13,15,21-22,24-26H,4-6,8,10-12,14,16H2,1-3H3. The first kappa shape index (κ1) is 21.1. The highest BCUT2D eigenvalue weighted by atomic mass is 17.1. The second-order valence-corrected chi connectivity index (χ2v) is 8.42. The third-order valence-electron chi connectivity index (χ3n) is 6.61. The van der Waals surface area contributed by atoms with Gasteiger partial charge in [-0.15, -0.1) is 0 Å². The second-order valence-electron chi connectivity index (χ2n) is 8.42. The molecule has 2 aliphatic carbocycles. The Morgan fingerprint density at radius 3 is 2.54 bits per heavy atom. The summed E-state index contributed by atoms with van der Waals surface area (Å²) in [4.78, 5) is 5.22. The summed E-state index contributed by atoms with van der Waals surface area (Å²) in [6.07, 6.45) is 16.9. The minimum absolute atomic E-state index is 0.0571. The zero-order chi connectivity index (χ0) is 20.1. The van der Waals surface area contributed by atoms with Crippen LogP contribution in [0.5, 0.6) is 0 Å². The molecule has 4 atom stereocenters. The lowest BCUT2D eigenvalue weighted by atomic mass is 9.72. The van der Waals surface area contributed by atoms with E-state index in [9.17, 15) is 5.26 Å². The molecule has 3 rings (SSSR count). The highest BCUT2D eigenvalue weighted by Gasteiger charge is 2.42. The van der Waals surface area contributed by atoms with Crippen LogP contribution in [0.25, 0.3) is 0 Å². The molecule has 0 saturated heterocycles. The molecule has 0 bridgehead atoms. The van der Waals surface area contributed by atoms with Crippen LogP contribution in [0.15, 0.2) is 58.9 Å². The molecule has 1 heterocycles. The summed E-state index contributed by atoms with van der Waals surface area (Å²) in [5.74, 6) is 1.34. The molecule has 154 valence electrons. The Labute approximate surface area is 170 Å². The maximum atomic E-state index is 10.00. The van der Waals surface area contributed by atoms with Gasteiger partial charge in [0.1, 0.15) is 18.0 Å². The molecule has 28 heavy (non-hydrogen) atoms. The average Bonchev–Trinajstić information content (AvgIpc) is 3.04. The maximum absolute atomic E-state index is 10.00. The predicted octanol–water partition coefficient (Wildman–Crippen LogP) is 6.90. The van der Waals surface area contributed by atoms with Gasteiger partial charge >= 0.3 is 0 Å². The van der Waals surface area contributed by atoms with Crippen molar-refractivity contribution in [3.05, 3.63) is 58.9 Å². The van der Waals surface area contributed by atoms with E-state index >= 15 is 0 Å². The molecular formula is C25H36O3. The summed E-state index contributed by atoms with van der Waals surface area (Å²) >= 11 is 0. The zero-order valence-corrected chi connectivity index (χ0v) is 17.7. The van der Waals surface area contributed by atoms with Crippen LogP contribution in [-0.4, -0.2) is 17.5 Å². The van der Waals surface area contributed by atoms with Gasteiger partial charge < -0.3 is 4.74 Å². The fraction of sp³-hybridized carbons (Fsp3) is 0.600. The third kappa shape index (κ3) is 4.21. The first-order valence-electron chi connectivity index (χ1n) is 11.0. The molecule has 0 aromatic rings. The van der Waals surface area contributed by atoms with Gasteiger partial charge in [0.05, 0.1) is 0 Å². The first-order valence-corrected chi connectivity index (χ1v) is 11.0. The minimum Gasteiger partial charge on any atom is -0.486 e. The first-order chi connectivity index (χ1) is 13.6. The van der Waals surface area contributed by atoms with Crippen LogP contribution < -0.4 is 0 Å². The van der Waals surface area contributed by atoms with E-state index in [1.807, 2.05) is 0 Å². The predicted molar refractivity (Wildman–Crippen MR) is 115 cm³/mol. The van der Waals surface area contributed by atoms with E-state index in [4.69, 9.17) is 9.62 Å². The zero-order valence-electron chi connectivity index (χ0n) is 17.7. The van der Waals surface area contributed by atoms with Crippen LogP contribution in [0.2, 0.25) is 0 Å². The van der Waals surface area contributed by atoms with Crippen molar-refractivity contribution >= 4 is 0 Å². The Morgan fingerprint density at radius 1 is 1.14 bits per heavy atom. The van der Waals surface area contributed by atoms with Crippen molar-refractivity contribution in [1.82, 2.24) is 0 Å². The topological polar surface area (TPSA) is 38.7 Å². The van der Waals surface area contributed by atoms with Crippen LogP contribution in [0.1, 0.15) is 72.1 Å². The van der Waals surface area contributed by atoms with Crippen molar-refractivity contribution in [2.24, 2.45) is 11.8 Å². The fourth-order valence-electron chi connectivity index (χ4n) is 5.30. The lowest BCUT2D eigenvalue weighted by Gasteiger charge is -2.38. The van der Waals surface area contributed by atoms with Gasteiger partial charge in [-0.1, -0.05) is 57.6 Å². The molecule has 0 fully saturated rings. The molecule has 0 amide bonds. The Hall–Kier alpha value is -1.58. The van der Waals surface area contributed by atoms with Gasteiger partial charge in [0, 0.05) is 11.5 Å². The van der Waals surface area contributed by atoms with E-state index in [2.05, 4.69) is 51.7 Å². The number of allylic oxidation sites excluding steroid dienone is 5. The fourth-order valence-corrected chi connectivity index (χ4v) is 5.30. The molecule has 0 aromatic carbocycles. The monoisotopic (exact) mass is 384 g/mol. The molecule has 3 heteroatoms. The van der Waals surface area contributed by atoms with Gasteiger partial charge in [-0.25, -0.2) is 4.89 Å². The Bertz CT molecular complexity index is 685. The summed E-state index contributed by atoms with van der Waals surface area (Å²) < 4.78 is 6.37. The van der Waals surface area contributed by atoms with Crippen molar-refractivity contribution < 1.29 is 14.9 Å². The van der Waals surface area contributed by atoms with Gasteiger partial charge in [0.25, 0.3) is 0 Å². The maximum Gasteiger partial charge on any atom is 0.124 e. The molecule has 3 nitrogen and oxygen atoms in total. The molecule has 0 radical (unpaired) electrons. The van der Waals surface area contributed by atoms with E-state index in [-0.39, 0.29) is 18.1 Å². The van der Waals surface area contributed by atoms with E-state index in [1.165, 1.54) is 22.3 Å². The van der Waals surface area contributed by atoms with Crippen molar-refractivity contribution in [3.63, 3.8) is 0 Å². The lowest BCUT2D eigenvalue weighted by Crippen LogP contribution is -2.39. The Kier molecular flexibility index (Phi) is 7.36. The third-order valence-corrected chi connectivity index (χ3v) is 6.61. The van der Waals surface area contributed by atoms with Crippen LogP contribution >= 0.6 is 0 Å². The minimum atomic E-state index is -0.262. The SMILES string of the molecule is C=C1OC(C(CCC)C(CCC)C(OO)C2=C(C)C=CCC2)C2=C1C=CCC2. The van der Waals surface area contributed by atoms with Crippen LogP contribution in [-0.2, 0) is 9.62 Å². The van der Waals surface area contributed by atoms with E-state index in [1.54, 1.807) is 0 Å². The quantitative estimate of drug-likeness (QED) is 0.347. The smallest absolute Gasteiger partial charge is 0.124 e. The van der Waals surface area contributed by atoms with Crippen molar-refractivity contribution in [2.45, 2.75) is 84.3 Å². The van der Waals surface area contributed by atoms with E-state index < -0.39 is 0 Å². The van der Waals surface area contributed by atoms with Gasteiger partial charge in [-0.3, -0.25) is 5.26 Å². The van der Waals surface area contributed by atoms with Crippen LogP contribution in [0.3, 0.4) is 0 Å². The van der Waals surface area contributed by atoms with Gasteiger partial charge in [-0.2, -0.15) is 0 Å². The van der Waals surface area contributed by atoms with Crippen LogP contribution in [0.4, 0.5) is 0 Å². The average molecular weight is 385 g/mol. The molecule has 1 N–H and O–H groups in total. The molecule has 0 aromatic heterocycles. The highest BCUT2D eigenvalue weighted by Crippen LogP contribution is 2.45. The normalized spacial score (nSPS) is 25.0. The van der Waals surface area contributed by atoms with Crippen molar-refractivity contribution in [2.75, 3.05) is 0 Å².